The van der Waals surface area contributed by atoms with Crippen molar-refractivity contribution in [1.29, 1.82) is 0 Å². The normalized spacial score (nSPS) is 12.4. The summed E-state index contributed by atoms with van der Waals surface area (Å²) in [5.41, 5.74) is 1.11. The summed E-state index contributed by atoms with van der Waals surface area (Å²) in [6.45, 7) is 3.90. The highest BCUT2D eigenvalue weighted by Crippen LogP contribution is 2.32. The second-order valence-electron chi connectivity index (χ2n) is 5.63. The molecule has 9 heteroatoms. The van der Waals surface area contributed by atoms with Crippen molar-refractivity contribution in [2.45, 2.75) is 19.9 Å². The summed E-state index contributed by atoms with van der Waals surface area (Å²) in [5.74, 6) is 0.458. The summed E-state index contributed by atoms with van der Waals surface area (Å²) in [6.07, 6.45) is 3.30. The number of carbonyl (C=O) groups is 1. The maximum atomic E-state index is 12.5. The Hall–Kier alpha value is -1.96. The van der Waals surface area contributed by atoms with Crippen molar-refractivity contribution in [3.05, 3.63) is 50.7 Å². The molecule has 0 spiro atoms. The summed E-state index contributed by atoms with van der Waals surface area (Å²) >= 11 is 13.1. The topological polar surface area (TPSA) is 80.9 Å². The zero-order valence-corrected chi connectivity index (χ0v) is 15.7. The van der Waals surface area contributed by atoms with Crippen molar-refractivity contribution in [1.82, 2.24) is 20.4 Å². The maximum absolute atomic E-state index is 12.5. The molecule has 1 unspecified atom stereocenters. The minimum atomic E-state index is -0.453. The van der Waals surface area contributed by atoms with Crippen LogP contribution in [0, 0.1) is 5.92 Å². The third-order valence-corrected chi connectivity index (χ3v) is 4.99. The van der Waals surface area contributed by atoms with Gasteiger partial charge >= 0.3 is 0 Å². The first-order chi connectivity index (χ1) is 12.0. The van der Waals surface area contributed by atoms with Gasteiger partial charge < -0.3 is 9.84 Å². The van der Waals surface area contributed by atoms with Crippen molar-refractivity contribution in [3.8, 4) is 11.4 Å². The standard InChI is InChI=1S/C16H14Cl2N4O2S/c1-8(2)12(20-15(23)10-7-11(17)25-13(10)18)16-21-14(22-24-16)9-3-5-19-6-4-9/h3-8,12H,1-2H3,(H,20,23). The lowest BCUT2D eigenvalue weighted by Crippen LogP contribution is -2.31. The monoisotopic (exact) mass is 396 g/mol. The van der Waals surface area contributed by atoms with E-state index in [1.54, 1.807) is 24.5 Å². The average Bonchev–Trinajstić information content (AvgIpc) is 3.19. The van der Waals surface area contributed by atoms with Gasteiger partial charge in [-0.1, -0.05) is 42.2 Å². The number of rotatable bonds is 5. The van der Waals surface area contributed by atoms with E-state index in [9.17, 15) is 4.79 Å². The van der Waals surface area contributed by atoms with Crippen LogP contribution in [0.2, 0.25) is 8.67 Å². The van der Waals surface area contributed by atoms with Crippen molar-refractivity contribution in [2.24, 2.45) is 5.92 Å². The highest BCUT2D eigenvalue weighted by molar-refractivity contribution is 7.20. The summed E-state index contributed by atoms with van der Waals surface area (Å²) in [6, 6.07) is 4.65. The first-order valence-electron chi connectivity index (χ1n) is 7.45. The van der Waals surface area contributed by atoms with E-state index in [1.165, 1.54) is 6.07 Å². The number of amides is 1. The van der Waals surface area contributed by atoms with Crippen molar-refractivity contribution >= 4 is 40.4 Å². The molecule has 130 valence electrons. The number of nitrogens with one attached hydrogen (secondary N) is 1. The molecule has 0 saturated carbocycles. The van der Waals surface area contributed by atoms with E-state index in [2.05, 4.69) is 20.4 Å². The van der Waals surface area contributed by atoms with Gasteiger partial charge in [-0.2, -0.15) is 4.98 Å². The fraction of sp³-hybridized carbons (Fsp3) is 0.250. The Morgan fingerprint density at radius 2 is 2.00 bits per heavy atom. The van der Waals surface area contributed by atoms with E-state index in [-0.39, 0.29) is 11.8 Å². The number of hydrogen-bond donors (Lipinski definition) is 1. The molecule has 3 rings (SSSR count). The van der Waals surface area contributed by atoms with E-state index in [0.717, 1.165) is 16.9 Å². The predicted octanol–water partition coefficient (Wildman–Crippen LogP) is 4.63. The van der Waals surface area contributed by atoms with Crippen LogP contribution < -0.4 is 5.32 Å². The number of halogens is 2. The molecule has 0 aliphatic rings. The summed E-state index contributed by atoms with van der Waals surface area (Å²) in [4.78, 5) is 20.9. The van der Waals surface area contributed by atoms with E-state index in [4.69, 9.17) is 27.7 Å². The number of aromatic nitrogens is 3. The van der Waals surface area contributed by atoms with Gasteiger partial charge in [-0.05, 0) is 24.1 Å². The van der Waals surface area contributed by atoms with Gasteiger partial charge in [-0.15, -0.1) is 11.3 Å². The molecule has 0 fully saturated rings. The van der Waals surface area contributed by atoms with E-state index < -0.39 is 6.04 Å². The molecular formula is C16H14Cl2N4O2S. The quantitative estimate of drug-likeness (QED) is 0.679. The zero-order valence-electron chi connectivity index (χ0n) is 13.4. The lowest BCUT2D eigenvalue weighted by atomic mass is 10.0. The maximum Gasteiger partial charge on any atom is 0.254 e. The minimum absolute atomic E-state index is 0.0302. The second-order valence-corrected chi connectivity index (χ2v) is 7.91. The van der Waals surface area contributed by atoms with Gasteiger partial charge in [-0.3, -0.25) is 9.78 Å². The molecule has 3 aromatic heterocycles. The molecule has 3 heterocycles. The molecule has 6 nitrogen and oxygen atoms in total. The minimum Gasteiger partial charge on any atom is -0.340 e. The molecule has 0 saturated heterocycles. The highest BCUT2D eigenvalue weighted by Gasteiger charge is 2.26. The molecule has 0 bridgehead atoms. The average molecular weight is 397 g/mol. The van der Waals surface area contributed by atoms with Gasteiger partial charge in [0.25, 0.3) is 5.91 Å². The van der Waals surface area contributed by atoms with Crippen molar-refractivity contribution in [3.63, 3.8) is 0 Å². The number of thiophene rings is 1. The van der Waals surface area contributed by atoms with Gasteiger partial charge in [0.1, 0.15) is 10.4 Å². The number of pyridine rings is 1. The van der Waals surface area contributed by atoms with Crippen LogP contribution in [0.25, 0.3) is 11.4 Å². The second kappa shape index (κ2) is 7.51. The Labute approximate surface area is 158 Å². The Bertz CT molecular complexity index is 879. The number of hydrogen-bond acceptors (Lipinski definition) is 6. The SMILES string of the molecule is CC(C)C(NC(=O)c1cc(Cl)sc1Cl)c1nc(-c2ccncc2)no1. The third-order valence-electron chi connectivity index (χ3n) is 3.50. The first kappa shape index (κ1) is 17.8. The largest absolute Gasteiger partial charge is 0.340 e. The fourth-order valence-corrected chi connectivity index (χ4v) is 3.67. The highest BCUT2D eigenvalue weighted by atomic mass is 35.5. The third kappa shape index (κ3) is 4.00. The zero-order chi connectivity index (χ0) is 18.0. The lowest BCUT2D eigenvalue weighted by Gasteiger charge is -2.18. The van der Waals surface area contributed by atoms with Crippen LogP contribution >= 0.6 is 34.5 Å². The smallest absolute Gasteiger partial charge is 0.254 e. The van der Waals surface area contributed by atoms with Crippen LogP contribution in [0.3, 0.4) is 0 Å². The van der Waals surface area contributed by atoms with E-state index >= 15 is 0 Å². The molecule has 25 heavy (non-hydrogen) atoms. The Balaban J connectivity index is 1.83. The summed E-state index contributed by atoms with van der Waals surface area (Å²) in [5, 5.41) is 6.87. The van der Waals surface area contributed by atoms with Crippen LogP contribution in [-0.2, 0) is 0 Å². The van der Waals surface area contributed by atoms with Gasteiger partial charge in [0.05, 0.1) is 9.90 Å². The molecule has 0 aliphatic carbocycles. The molecule has 3 aromatic rings. The van der Waals surface area contributed by atoms with Crippen molar-refractivity contribution in [2.75, 3.05) is 0 Å². The summed E-state index contributed by atoms with van der Waals surface area (Å²) < 4.78 is 6.16. The Morgan fingerprint density at radius 3 is 2.60 bits per heavy atom. The summed E-state index contributed by atoms with van der Waals surface area (Å²) in [7, 11) is 0. The lowest BCUT2D eigenvalue weighted by molar-refractivity contribution is 0.0914. The predicted molar refractivity (Wildman–Crippen MR) is 96.9 cm³/mol. The van der Waals surface area contributed by atoms with Crippen LogP contribution in [0.4, 0.5) is 0 Å². The molecule has 1 N–H and O–H groups in total. The molecule has 0 aliphatic heterocycles. The van der Waals surface area contributed by atoms with Crippen LogP contribution in [0.15, 0.2) is 35.1 Å². The van der Waals surface area contributed by atoms with Crippen LogP contribution in [0.1, 0.15) is 36.1 Å². The van der Waals surface area contributed by atoms with E-state index in [0.29, 0.717) is 26.0 Å². The molecule has 0 radical (unpaired) electrons. The Morgan fingerprint density at radius 1 is 1.28 bits per heavy atom. The molecule has 1 amide bonds. The van der Waals surface area contributed by atoms with Gasteiger partial charge in [0, 0.05) is 18.0 Å². The van der Waals surface area contributed by atoms with Crippen molar-refractivity contribution < 1.29 is 9.32 Å². The number of nitrogens with zero attached hydrogens (tertiary/aromatic N) is 3. The van der Waals surface area contributed by atoms with Gasteiger partial charge in [-0.25, -0.2) is 0 Å². The van der Waals surface area contributed by atoms with Gasteiger partial charge in [0.15, 0.2) is 0 Å². The molecule has 1 atom stereocenters. The molecular weight excluding hydrogens is 383 g/mol. The fourth-order valence-electron chi connectivity index (χ4n) is 2.21. The Kier molecular flexibility index (Phi) is 5.36. The van der Waals surface area contributed by atoms with Crippen LogP contribution in [0.5, 0.6) is 0 Å². The van der Waals surface area contributed by atoms with Gasteiger partial charge in [0.2, 0.25) is 11.7 Å². The first-order valence-corrected chi connectivity index (χ1v) is 9.02. The molecule has 0 aromatic carbocycles. The van der Waals surface area contributed by atoms with Crippen LogP contribution in [-0.4, -0.2) is 21.0 Å². The number of carbonyl (C=O) groups excluding carboxylic acids is 1. The van der Waals surface area contributed by atoms with E-state index in [1.807, 2.05) is 13.8 Å².